The summed E-state index contributed by atoms with van der Waals surface area (Å²) >= 11 is 11.9. The lowest BCUT2D eigenvalue weighted by atomic mass is 10.1. The van der Waals surface area contributed by atoms with Gasteiger partial charge in [0.1, 0.15) is 0 Å². The van der Waals surface area contributed by atoms with Gasteiger partial charge in [0.05, 0.1) is 10.0 Å². The van der Waals surface area contributed by atoms with Gasteiger partial charge in [0, 0.05) is 6.04 Å². The first-order valence-corrected chi connectivity index (χ1v) is 5.12. The second-order valence-corrected chi connectivity index (χ2v) is 4.20. The molecule has 2 N–H and O–H groups in total. The molecule has 1 atom stereocenters. The van der Waals surface area contributed by atoms with Crippen molar-refractivity contribution in [1.29, 1.82) is 0 Å². The zero-order valence-corrected chi connectivity index (χ0v) is 9.73. The quantitative estimate of drug-likeness (QED) is 0.764. The summed E-state index contributed by atoms with van der Waals surface area (Å²) in [5, 5.41) is 1.08. The minimum atomic E-state index is -0.189. The average molecular weight is 230 g/mol. The third-order valence-electron chi connectivity index (χ3n) is 1.85. The molecule has 0 heterocycles. The summed E-state index contributed by atoms with van der Waals surface area (Å²) in [5.74, 6) is 0. The number of hydrogen-bond donors (Lipinski definition) is 1. The number of benzene rings is 1. The summed E-state index contributed by atoms with van der Waals surface area (Å²) in [7, 11) is 0. The van der Waals surface area contributed by atoms with Gasteiger partial charge in [0.15, 0.2) is 0 Å². The Morgan fingerprint density at radius 1 is 1.36 bits per heavy atom. The van der Waals surface area contributed by atoms with Gasteiger partial charge in [-0.3, -0.25) is 0 Å². The van der Waals surface area contributed by atoms with Gasteiger partial charge in [-0.15, -0.1) is 0 Å². The molecule has 0 fully saturated rings. The molecular weight excluding hydrogens is 217 g/mol. The molecule has 1 aromatic rings. The van der Waals surface area contributed by atoms with E-state index >= 15 is 0 Å². The van der Waals surface area contributed by atoms with Gasteiger partial charge in [-0.05, 0) is 25.5 Å². The smallest absolute Gasteiger partial charge is 0.0643 e. The molecule has 0 saturated heterocycles. The van der Waals surface area contributed by atoms with Crippen LogP contribution in [0.25, 0.3) is 0 Å². The highest BCUT2D eigenvalue weighted by Gasteiger charge is 2.09. The highest BCUT2D eigenvalue weighted by atomic mass is 35.5. The van der Waals surface area contributed by atoms with Gasteiger partial charge in [0.25, 0.3) is 0 Å². The number of allylic oxidation sites excluding steroid dienone is 1. The van der Waals surface area contributed by atoms with Crippen LogP contribution >= 0.6 is 23.2 Å². The van der Waals surface area contributed by atoms with E-state index in [1.165, 1.54) is 0 Å². The van der Waals surface area contributed by atoms with Crippen LogP contribution in [0.1, 0.15) is 25.5 Å². The summed E-state index contributed by atoms with van der Waals surface area (Å²) in [6.07, 6.45) is 1.96. The van der Waals surface area contributed by atoms with Crippen molar-refractivity contribution in [3.05, 3.63) is 45.5 Å². The maximum Gasteiger partial charge on any atom is 0.0643 e. The van der Waals surface area contributed by atoms with Crippen molar-refractivity contribution in [2.75, 3.05) is 0 Å². The highest BCUT2D eigenvalue weighted by molar-refractivity contribution is 6.42. The van der Waals surface area contributed by atoms with E-state index in [0.29, 0.717) is 10.0 Å². The molecule has 1 rings (SSSR count). The largest absolute Gasteiger partial charge is 0.321 e. The van der Waals surface area contributed by atoms with E-state index in [9.17, 15) is 0 Å². The normalized spacial score (nSPS) is 12.4. The van der Waals surface area contributed by atoms with E-state index < -0.39 is 0 Å². The van der Waals surface area contributed by atoms with E-state index in [0.717, 1.165) is 11.1 Å². The molecule has 0 radical (unpaired) electrons. The van der Waals surface area contributed by atoms with Crippen molar-refractivity contribution in [3.63, 3.8) is 0 Å². The molecular formula is C11H13Cl2N. The van der Waals surface area contributed by atoms with Gasteiger partial charge in [0.2, 0.25) is 0 Å². The molecule has 3 heteroatoms. The summed E-state index contributed by atoms with van der Waals surface area (Å²) in [5.41, 5.74) is 7.97. The fourth-order valence-corrected chi connectivity index (χ4v) is 1.66. The zero-order valence-electron chi connectivity index (χ0n) is 8.22. The molecule has 0 bridgehead atoms. The van der Waals surface area contributed by atoms with Crippen molar-refractivity contribution in [1.82, 2.24) is 0 Å². The Balaban J connectivity index is 3.07. The first-order valence-electron chi connectivity index (χ1n) is 4.37. The van der Waals surface area contributed by atoms with E-state index in [-0.39, 0.29) is 6.04 Å². The van der Waals surface area contributed by atoms with Gasteiger partial charge < -0.3 is 5.73 Å². The molecule has 0 aliphatic heterocycles. The van der Waals surface area contributed by atoms with Crippen LogP contribution in [-0.2, 0) is 0 Å². The molecule has 14 heavy (non-hydrogen) atoms. The Morgan fingerprint density at radius 2 is 2.00 bits per heavy atom. The van der Waals surface area contributed by atoms with Crippen molar-refractivity contribution in [3.8, 4) is 0 Å². The van der Waals surface area contributed by atoms with Gasteiger partial charge in [-0.2, -0.15) is 0 Å². The molecule has 76 valence electrons. The predicted octanol–water partition coefficient (Wildman–Crippen LogP) is 3.96. The monoisotopic (exact) mass is 229 g/mol. The third kappa shape index (κ3) is 2.74. The van der Waals surface area contributed by atoms with Crippen LogP contribution in [0.2, 0.25) is 10.0 Å². The van der Waals surface area contributed by atoms with Crippen molar-refractivity contribution in [2.45, 2.75) is 19.9 Å². The Labute approximate surface area is 94.5 Å². The Hall–Kier alpha value is -0.500. The highest BCUT2D eigenvalue weighted by Crippen LogP contribution is 2.29. The molecule has 1 nitrogen and oxygen atoms in total. The maximum atomic E-state index is 6.03. The lowest BCUT2D eigenvalue weighted by molar-refractivity contribution is 0.900. The predicted molar refractivity (Wildman–Crippen MR) is 62.8 cm³/mol. The zero-order chi connectivity index (χ0) is 10.7. The standard InChI is InChI=1S/C11H13Cl2N/c1-7(2)6-10(14)8-4-3-5-9(12)11(8)13/h3-6,10H,14H2,1-2H3. The summed E-state index contributed by atoms with van der Waals surface area (Å²) in [4.78, 5) is 0. The van der Waals surface area contributed by atoms with Crippen LogP contribution in [-0.4, -0.2) is 0 Å². The van der Waals surface area contributed by atoms with Crippen LogP contribution in [0.3, 0.4) is 0 Å². The summed E-state index contributed by atoms with van der Waals surface area (Å²) in [6, 6.07) is 5.30. The minimum absolute atomic E-state index is 0.189. The van der Waals surface area contributed by atoms with Crippen LogP contribution in [0.5, 0.6) is 0 Å². The lowest BCUT2D eigenvalue weighted by Crippen LogP contribution is -2.08. The molecule has 1 unspecified atom stereocenters. The number of hydrogen-bond acceptors (Lipinski definition) is 1. The lowest BCUT2D eigenvalue weighted by Gasteiger charge is -2.10. The maximum absolute atomic E-state index is 6.03. The van der Waals surface area contributed by atoms with Gasteiger partial charge in [-0.25, -0.2) is 0 Å². The second kappa shape index (κ2) is 4.83. The topological polar surface area (TPSA) is 26.0 Å². The van der Waals surface area contributed by atoms with E-state index in [4.69, 9.17) is 28.9 Å². The Morgan fingerprint density at radius 3 is 2.57 bits per heavy atom. The van der Waals surface area contributed by atoms with E-state index in [1.54, 1.807) is 6.07 Å². The number of rotatable bonds is 2. The van der Waals surface area contributed by atoms with Gasteiger partial charge in [-0.1, -0.05) is 47.0 Å². The average Bonchev–Trinajstić information content (AvgIpc) is 2.08. The molecule has 0 spiro atoms. The molecule has 0 saturated carbocycles. The van der Waals surface area contributed by atoms with Crippen molar-refractivity contribution >= 4 is 23.2 Å². The molecule has 0 aliphatic carbocycles. The number of halogens is 2. The Bertz CT molecular complexity index is 354. The fourth-order valence-electron chi connectivity index (χ4n) is 1.23. The van der Waals surface area contributed by atoms with Crippen molar-refractivity contribution in [2.24, 2.45) is 5.73 Å². The first kappa shape index (κ1) is 11.6. The van der Waals surface area contributed by atoms with Crippen LogP contribution in [0.4, 0.5) is 0 Å². The van der Waals surface area contributed by atoms with Crippen LogP contribution < -0.4 is 5.73 Å². The number of nitrogens with two attached hydrogens (primary N) is 1. The Kier molecular flexibility index (Phi) is 3.99. The fraction of sp³-hybridized carbons (Fsp3) is 0.273. The molecule has 1 aromatic carbocycles. The third-order valence-corrected chi connectivity index (χ3v) is 2.69. The minimum Gasteiger partial charge on any atom is -0.321 e. The van der Waals surface area contributed by atoms with Crippen LogP contribution in [0, 0.1) is 0 Å². The second-order valence-electron chi connectivity index (χ2n) is 3.41. The molecule has 0 aliphatic rings. The SMILES string of the molecule is CC(C)=CC(N)c1cccc(Cl)c1Cl. The molecule has 0 amide bonds. The molecule has 0 aromatic heterocycles. The first-order chi connectivity index (χ1) is 6.52. The summed E-state index contributed by atoms with van der Waals surface area (Å²) in [6.45, 7) is 4.00. The van der Waals surface area contributed by atoms with Gasteiger partial charge >= 0.3 is 0 Å². The van der Waals surface area contributed by atoms with E-state index in [2.05, 4.69) is 0 Å². The van der Waals surface area contributed by atoms with Crippen molar-refractivity contribution < 1.29 is 0 Å². The van der Waals surface area contributed by atoms with E-state index in [1.807, 2.05) is 32.1 Å². The van der Waals surface area contributed by atoms with Crippen LogP contribution in [0.15, 0.2) is 29.8 Å². The summed E-state index contributed by atoms with van der Waals surface area (Å²) < 4.78 is 0.